The summed E-state index contributed by atoms with van der Waals surface area (Å²) in [5.74, 6) is -0.113. The Morgan fingerprint density at radius 2 is 0.708 bits per heavy atom. The van der Waals surface area contributed by atoms with Crippen molar-refractivity contribution in [3.05, 3.63) is 60.7 Å². The second kappa shape index (κ2) is 6.29. The number of phenols is 4. The monoisotopic (exact) mass is 324 g/mol. The fourth-order valence-electron chi connectivity index (χ4n) is 2.30. The zero-order chi connectivity index (χ0) is 17.1. The molecule has 24 heavy (non-hydrogen) atoms. The fraction of sp³-hybridized carbons (Fsp3) is 0. The summed E-state index contributed by atoms with van der Waals surface area (Å²) >= 11 is 0. The molecule has 0 unspecified atom stereocenters. The van der Waals surface area contributed by atoms with Crippen LogP contribution in [0.2, 0.25) is 0 Å². The summed E-state index contributed by atoms with van der Waals surface area (Å²) in [6, 6.07) is 15.8. The van der Waals surface area contributed by atoms with Crippen LogP contribution >= 0.6 is 0 Å². The summed E-state index contributed by atoms with van der Waals surface area (Å²) in [7, 11) is 0. The summed E-state index contributed by atoms with van der Waals surface area (Å²) in [6.07, 6.45) is 0. The molecule has 0 aromatic heterocycles. The average Bonchev–Trinajstić information content (AvgIpc) is 2.47. The predicted octanol–water partition coefficient (Wildman–Crippen LogP) is 4.00. The minimum Gasteiger partial charge on any atom is -0.508 e. The number of anilines is 4. The molecule has 0 fully saturated rings. The maximum absolute atomic E-state index is 9.47. The van der Waals surface area contributed by atoms with Crippen LogP contribution in [0.5, 0.6) is 23.0 Å². The Morgan fingerprint density at radius 1 is 0.417 bits per heavy atom. The first-order valence-electron chi connectivity index (χ1n) is 7.18. The van der Waals surface area contributed by atoms with Crippen molar-refractivity contribution in [3.8, 4) is 23.0 Å². The Kier molecular flexibility index (Phi) is 4.03. The summed E-state index contributed by atoms with van der Waals surface area (Å²) in [5, 5.41) is 44.0. The van der Waals surface area contributed by atoms with E-state index in [4.69, 9.17) is 0 Å². The van der Waals surface area contributed by atoms with Crippen molar-refractivity contribution in [2.24, 2.45) is 0 Å². The van der Waals surface area contributed by atoms with Gasteiger partial charge in [-0.2, -0.15) is 0 Å². The van der Waals surface area contributed by atoms with Gasteiger partial charge in [-0.1, -0.05) is 0 Å². The Hall–Kier alpha value is -3.54. The van der Waals surface area contributed by atoms with Gasteiger partial charge in [-0.3, -0.25) is 0 Å². The molecule has 0 amide bonds. The molecule has 0 radical (unpaired) electrons. The first kappa shape index (κ1) is 15.4. The Bertz CT molecular complexity index is 750. The van der Waals surface area contributed by atoms with Crippen molar-refractivity contribution in [2.45, 2.75) is 0 Å². The van der Waals surface area contributed by atoms with E-state index < -0.39 is 0 Å². The minimum atomic E-state index is -0.0283. The van der Waals surface area contributed by atoms with E-state index in [2.05, 4.69) is 10.6 Å². The molecule has 0 aliphatic carbocycles. The van der Waals surface area contributed by atoms with Crippen LogP contribution in [0.1, 0.15) is 0 Å². The second-order valence-corrected chi connectivity index (χ2v) is 5.30. The van der Waals surface area contributed by atoms with Gasteiger partial charge in [0.05, 0.1) is 0 Å². The highest BCUT2D eigenvalue weighted by Gasteiger charge is 2.02. The van der Waals surface area contributed by atoms with Gasteiger partial charge in [0.25, 0.3) is 0 Å². The van der Waals surface area contributed by atoms with Crippen LogP contribution in [-0.4, -0.2) is 20.4 Å². The molecule has 0 bridgehead atoms. The first-order chi connectivity index (χ1) is 11.5. The number of nitrogens with one attached hydrogen (secondary N) is 2. The van der Waals surface area contributed by atoms with Crippen molar-refractivity contribution >= 4 is 22.7 Å². The normalized spacial score (nSPS) is 10.3. The molecule has 0 saturated carbocycles. The van der Waals surface area contributed by atoms with Gasteiger partial charge in [0.2, 0.25) is 0 Å². The molecule has 3 aromatic carbocycles. The summed E-state index contributed by atoms with van der Waals surface area (Å²) in [6.45, 7) is 0. The Morgan fingerprint density at radius 3 is 1.00 bits per heavy atom. The zero-order valence-electron chi connectivity index (χ0n) is 12.6. The molecule has 0 atom stereocenters. The third-order valence-corrected chi connectivity index (χ3v) is 3.27. The van der Waals surface area contributed by atoms with Crippen molar-refractivity contribution in [1.29, 1.82) is 0 Å². The first-order valence-corrected chi connectivity index (χ1v) is 7.18. The van der Waals surface area contributed by atoms with Crippen LogP contribution in [0, 0.1) is 0 Å². The van der Waals surface area contributed by atoms with Crippen molar-refractivity contribution in [3.63, 3.8) is 0 Å². The predicted molar refractivity (Wildman–Crippen MR) is 92.6 cm³/mol. The highest BCUT2D eigenvalue weighted by Crippen LogP contribution is 2.29. The number of hydrogen-bond donors (Lipinski definition) is 6. The van der Waals surface area contributed by atoms with E-state index in [9.17, 15) is 20.4 Å². The molecule has 3 aromatic rings. The van der Waals surface area contributed by atoms with Crippen LogP contribution < -0.4 is 10.6 Å². The Labute approximate surface area is 138 Å². The maximum Gasteiger partial charge on any atom is 0.121 e. The van der Waals surface area contributed by atoms with E-state index in [0.717, 1.165) is 11.4 Å². The summed E-state index contributed by atoms with van der Waals surface area (Å²) in [4.78, 5) is 0. The van der Waals surface area contributed by atoms with Gasteiger partial charge in [0, 0.05) is 59.1 Å². The van der Waals surface area contributed by atoms with E-state index in [1.807, 2.05) is 24.3 Å². The van der Waals surface area contributed by atoms with Crippen LogP contribution in [0.25, 0.3) is 0 Å². The molecule has 6 N–H and O–H groups in total. The third-order valence-electron chi connectivity index (χ3n) is 3.27. The van der Waals surface area contributed by atoms with Gasteiger partial charge in [-0.15, -0.1) is 0 Å². The topological polar surface area (TPSA) is 105 Å². The average molecular weight is 324 g/mol. The molecular weight excluding hydrogens is 308 g/mol. The molecule has 6 heteroatoms. The van der Waals surface area contributed by atoms with E-state index in [1.54, 1.807) is 0 Å². The third kappa shape index (κ3) is 3.80. The van der Waals surface area contributed by atoms with Crippen LogP contribution in [0.3, 0.4) is 0 Å². The lowest BCUT2D eigenvalue weighted by Crippen LogP contribution is -1.92. The quantitative estimate of drug-likeness (QED) is 0.433. The summed E-state index contributed by atoms with van der Waals surface area (Å²) < 4.78 is 0. The smallest absolute Gasteiger partial charge is 0.121 e. The number of hydrogen-bond acceptors (Lipinski definition) is 6. The van der Waals surface area contributed by atoms with E-state index in [0.29, 0.717) is 11.4 Å². The highest BCUT2D eigenvalue weighted by molar-refractivity contribution is 5.68. The van der Waals surface area contributed by atoms with E-state index in [-0.39, 0.29) is 23.0 Å². The standard InChI is InChI=1S/C18H16N2O4/c21-15-5-13(6-16(22)9-15)19-11-1-2-12(4-3-11)20-14-7-17(23)10-18(24)8-14/h1-10,19-24H. The lowest BCUT2D eigenvalue weighted by atomic mass is 10.2. The van der Waals surface area contributed by atoms with Gasteiger partial charge < -0.3 is 31.1 Å². The molecule has 0 aliphatic rings. The Balaban J connectivity index is 1.73. The van der Waals surface area contributed by atoms with Gasteiger partial charge in [0.15, 0.2) is 0 Å². The maximum atomic E-state index is 9.47. The SMILES string of the molecule is Oc1cc(O)cc(Nc2ccc(Nc3cc(O)cc(O)c3)cc2)c1. The minimum absolute atomic E-state index is 0.0283. The van der Waals surface area contributed by atoms with Crippen molar-refractivity contribution < 1.29 is 20.4 Å². The molecule has 0 aliphatic heterocycles. The molecule has 122 valence electrons. The number of aromatic hydroxyl groups is 4. The van der Waals surface area contributed by atoms with Crippen molar-refractivity contribution in [2.75, 3.05) is 10.6 Å². The molecule has 0 heterocycles. The molecule has 3 rings (SSSR count). The largest absolute Gasteiger partial charge is 0.508 e. The summed E-state index contributed by atoms with van der Waals surface area (Å²) in [5.41, 5.74) is 2.66. The molecule has 6 nitrogen and oxygen atoms in total. The van der Waals surface area contributed by atoms with Crippen LogP contribution in [-0.2, 0) is 0 Å². The molecular formula is C18H16N2O4. The molecule has 0 spiro atoms. The van der Waals surface area contributed by atoms with Crippen molar-refractivity contribution in [1.82, 2.24) is 0 Å². The number of benzene rings is 3. The number of phenolic OH excluding ortho intramolecular Hbond substituents is 4. The lowest BCUT2D eigenvalue weighted by molar-refractivity contribution is 0.450. The second-order valence-electron chi connectivity index (χ2n) is 5.30. The zero-order valence-corrected chi connectivity index (χ0v) is 12.6. The van der Waals surface area contributed by atoms with Gasteiger partial charge >= 0.3 is 0 Å². The molecule has 0 saturated heterocycles. The fourth-order valence-corrected chi connectivity index (χ4v) is 2.30. The lowest BCUT2D eigenvalue weighted by Gasteiger charge is -2.10. The number of rotatable bonds is 4. The van der Waals surface area contributed by atoms with E-state index >= 15 is 0 Å². The highest BCUT2D eigenvalue weighted by atomic mass is 16.3. The van der Waals surface area contributed by atoms with Crippen LogP contribution in [0.15, 0.2) is 60.7 Å². The van der Waals surface area contributed by atoms with Gasteiger partial charge in [-0.25, -0.2) is 0 Å². The van der Waals surface area contributed by atoms with Gasteiger partial charge in [0.1, 0.15) is 23.0 Å². The van der Waals surface area contributed by atoms with Gasteiger partial charge in [-0.05, 0) is 24.3 Å². The van der Waals surface area contributed by atoms with Crippen LogP contribution in [0.4, 0.5) is 22.7 Å². The van der Waals surface area contributed by atoms with E-state index in [1.165, 1.54) is 36.4 Å².